The lowest BCUT2D eigenvalue weighted by Gasteiger charge is -2.29. The van der Waals surface area contributed by atoms with E-state index in [0.717, 1.165) is 19.4 Å². The van der Waals surface area contributed by atoms with Gasteiger partial charge >= 0.3 is 6.18 Å². The molecule has 0 saturated carbocycles. The Kier molecular flexibility index (Phi) is 4.07. The van der Waals surface area contributed by atoms with Gasteiger partial charge in [-0.1, -0.05) is 0 Å². The molecule has 0 bridgehead atoms. The molecule has 0 aliphatic rings. The van der Waals surface area contributed by atoms with Crippen LogP contribution in [-0.4, -0.2) is 22.4 Å². The van der Waals surface area contributed by atoms with Crippen molar-refractivity contribution < 1.29 is 23.2 Å². The molecular weight excluding hydrogens is 267 g/mol. The van der Waals surface area contributed by atoms with Crippen LogP contribution in [0.15, 0.2) is 11.4 Å². The maximum atomic E-state index is 12.6. The molecule has 0 unspecified atom stereocenters. The van der Waals surface area contributed by atoms with Gasteiger partial charge in [-0.05, 0) is 37.8 Å². The molecule has 0 aromatic carbocycles. The second-order valence-electron chi connectivity index (χ2n) is 4.51. The first-order valence-corrected chi connectivity index (χ1v) is 6.06. The number of halogens is 3. The second-order valence-corrected chi connectivity index (χ2v) is 5.51. The largest absolute Gasteiger partial charge is 0.402 e. The van der Waals surface area contributed by atoms with Gasteiger partial charge in [0.15, 0.2) is 0 Å². The summed E-state index contributed by atoms with van der Waals surface area (Å²) in [5.41, 5.74) is -1.77. The molecule has 102 valence electrons. The van der Waals surface area contributed by atoms with Gasteiger partial charge in [0, 0.05) is 4.88 Å². The van der Waals surface area contributed by atoms with Gasteiger partial charge in [-0.3, -0.25) is 10.0 Å². The number of hydroxylamine groups is 2. The number of amides is 1. The van der Waals surface area contributed by atoms with Crippen molar-refractivity contribution >= 4 is 17.2 Å². The smallest absolute Gasteiger partial charge is 0.286 e. The lowest BCUT2D eigenvalue weighted by molar-refractivity contribution is -0.234. The van der Waals surface area contributed by atoms with Gasteiger partial charge in [0.05, 0.1) is 6.54 Å². The lowest BCUT2D eigenvalue weighted by Crippen LogP contribution is -2.47. The Morgan fingerprint density at radius 2 is 2.00 bits per heavy atom. The molecule has 1 amide bonds. The Balaban J connectivity index is 2.83. The van der Waals surface area contributed by atoms with E-state index in [-0.39, 0.29) is 11.6 Å². The molecule has 1 N–H and O–H groups in total. The van der Waals surface area contributed by atoms with Crippen molar-refractivity contribution in [3.05, 3.63) is 21.9 Å². The standard InChI is InChI=1S/C11H14F3NO2S/c1-7-4-5-18-8(7)6-15(17)9(16)10(2,3)11(12,13)14/h4-5,17H,6H2,1-3H3. The molecule has 3 nitrogen and oxygen atoms in total. The van der Waals surface area contributed by atoms with Crippen molar-refractivity contribution in [2.45, 2.75) is 33.5 Å². The van der Waals surface area contributed by atoms with Gasteiger partial charge < -0.3 is 0 Å². The molecule has 0 radical (unpaired) electrons. The van der Waals surface area contributed by atoms with Crippen LogP contribution >= 0.6 is 11.3 Å². The predicted octanol–water partition coefficient (Wildman–Crippen LogP) is 3.36. The molecule has 1 aromatic rings. The van der Waals surface area contributed by atoms with E-state index in [2.05, 4.69) is 0 Å². The molecule has 0 aliphatic carbocycles. The summed E-state index contributed by atoms with van der Waals surface area (Å²) in [5.74, 6) is -1.36. The van der Waals surface area contributed by atoms with Crippen molar-refractivity contribution in [1.29, 1.82) is 0 Å². The van der Waals surface area contributed by atoms with Crippen molar-refractivity contribution in [2.24, 2.45) is 5.41 Å². The van der Waals surface area contributed by atoms with Crippen LogP contribution < -0.4 is 0 Å². The second kappa shape index (κ2) is 4.89. The number of carbonyl (C=O) groups is 1. The summed E-state index contributed by atoms with van der Waals surface area (Å²) in [4.78, 5) is 12.3. The van der Waals surface area contributed by atoms with Crippen LogP contribution in [0.1, 0.15) is 24.3 Å². The number of nitrogens with zero attached hydrogens (tertiary/aromatic N) is 1. The van der Waals surface area contributed by atoms with Crippen LogP contribution in [0.4, 0.5) is 13.2 Å². The molecule has 0 spiro atoms. The summed E-state index contributed by atoms with van der Waals surface area (Å²) in [7, 11) is 0. The summed E-state index contributed by atoms with van der Waals surface area (Å²) in [6.45, 7) is 3.03. The molecule has 1 heterocycles. The fourth-order valence-electron chi connectivity index (χ4n) is 1.22. The van der Waals surface area contributed by atoms with E-state index >= 15 is 0 Å². The average molecular weight is 281 g/mol. The minimum Gasteiger partial charge on any atom is -0.286 e. The van der Waals surface area contributed by atoms with E-state index in [1.165, 1.54) is 11.3 Å². The molecule has 18 heavy (non-hydrogen) atoms. The third-order valence-electron chi connectivity index (χ3n) is 2.74. The fourth-order valence-corrected chi connectivity index (χ4v) is 2.10. The van der Waals surface area contributed by atoms with Crippen molar-refractivity contribution in [1.82, 2.24) is 5.06 Å². The number of alkyl halides is 3. The monoisotopic (exact) mass is 281 g/mol. The first kappa shape index (κ1) is 15.0. The van der Waals surface area contributed by atoms with Crippen LogP contribution in [-0.2, 0) is 11.3 Å². The Morgan fingerprint density at radius 3 is 2.39 bits per heavy atom. The first-order valence-electron chi connectivity index (χ1n) is 5.18. The highest BCUT2D eigenvalue weighted by molar-refractivity contribution is 7.10. The van der Waals surface area contributed by atoms with Gasteiger partial charge in [0.25, 0.3) is 5.91 Å². The average Bonchev–Trinajstić information content (AvgIpc) is 2.61. The summed E-state index contributed by atoms with van der Waals surface area (Å²) < 4.78 is 37.9. The van der Waals surface area contributed by atoms with Gasteiger partial charge in [-0.2, -0.15) is 13.2 Å². The predicted molar refractivity (Wildman–Crippen MR) is 61.2 cm³/mol. The summed E-state index contributed by atoms with van der Waals surface area (Å²) in [6.07, 6.45) is -4.70. The van der Waals surface area contributed by atoms with Crippen LogP contribution in [0.5, 0.6) is 0 Å². The number of hydrogen-bond acceptors (Lipinski definition) is 3. The minimum absolute atomic E-state index is 0.131. The van der Waals surface area contributed by atoms with Crippen molar-refractivity contribution in [3.8, 4) is 0 Å². The lowest BCUT2D eigenvalue weighted by atomic mass is 9.91. The normalized spacial score (nSPS) is 12.6. The highest BCUT2D eigenvalue weighted by atomic mass is 32.1. The van der Waals surface area contributed by atoms with Gasteiger partial charge in [0.2, 0.25) is 0 Å². The van der Waals surface area contributed by atoms with Gasteiger partial charge in [0.1, 0.15) is 5.41 Å². The Bertz CT molecular complexity index is 440. The zero-order valence-electron chi connectivity index (χ0n) is 10.2. The first-order chi connectivity index (χ1) is 8.07. The van der Waals surface area contributed by atoms with E-state index in [1.54, 1.807) is 18.4 Å². The van der Waals surface area contributed by atoms with Gasteiger partial charge in [-0.15, -0.1) is 11.3 Å². The molecule has 0 atom stereocenters. The number of thiophene rings is 1. The third-order valence-corrected chi connectivity index (χ3v) is 3.75. The molecule has 0 saturated heterocycles. The summed E-state index contributed by atoms with van der Waals surface area (Å²) in [5, 5.41) is 11.4. The van der Waals surface area contributed by atoms with E-state index in [0.29, 0.717) is 4.88 Å². The molecule has 0 aliphatic heterocycles. The maximum absolute atomic E-state index is 12.6. The van der Waals surface area contributed by atoms with Crippen molar-refractivity contribution in [2.75, 3.05) is 0 Å². The highest BCUT2D eigenvalue weighted by Gasteiger charge is 2.54. The quantitative estimate of drug-likeness (QED) is 0.681. The number of rotatable bonds is 3. The minimum atomic E-state index is -4.70. The van der Waals surface area contributed by atoms with Crippen LogP contribution in [0, 0.1) is 12.3 Å². The number of hydrogen-bond donors (Lipinski definition) is 1. The molecular formula is C11H14F3NO2S. The summed E-state index contributed by atoms with van der Waals surface area (Å²) in [6, 6.07) is 1.77. The zero-order valence-corrected chi connectivity index (χ0v) is 11.0. The summed E-state index contributed by atoms with van der Waals surface area (Å²) >= 11 is 1.28. The fraction of sp³-hybridized carbons (Fsp3) is 0.545. The zero-order chi connectivity index (χ0) is 14.1. The highest BCUT2D eigenvalue weighted by Crippen LogP contribution is 2.39. The third kappa shape index (κ3) is 2.84. The maximum Gasteiger partial charge on any atom is 0.402 e. The molecule has 1 aromatic heterocycles. The molecule has 7 heteroatoms. The van der Waals surface area contributed by atoms with Crippen LogP contribution in [0.3, 0.4) is 0 Å². The topological polar surface area (TPSA) is 40.5 Å². The van der Waals surface area contributed by atoms with Gasteiger partial charge in [-0.25, -0.2) is 5.06 Å². The number of aryl methyl sites for hydroxylation is 1. The van der Waals surface area contributed by atoms with Crippen molar-refractivity contribution in [3.63, 3.8) is 0 Å². The molecule has 0 fully saturated rings. The van der Waals surface area contributed by atoms with Crippen LogP contribution in [0.25, 0.3) is 0 Å². The van der Waals surface area contributed by atoms with Crippen LogP contribution in [0.2, 0.25) is 0 Å². The van der Waals surface area contributed by atoms with E-state index < -0.39 is 17.5 Å². The Morgan fingerprint density at radius 1 is 1.44 bits per heavy atom. The van der Waals surface area contributed by atoms with E-state index in [4.69, 9.17) is 0 Å². The molecule has 1 rings (SSSR count). The van der Waals surface area contributed by atoms with E-state index in [1.807, 2.05) is 0 Å². The SMILES string of the molecule is Cc1ccsc1CN(O)C(=O)C(C)(C)C(F)(F)F. The Hall–Kier alpha value is -1.08. The number of carbonyl (C=O) groups excluding carboxylic acids is 1. The Labute approximate surface area is 107 Å². The van der Waals surface area contributed by atoms with E-state index in [9.17, 15) is 23.2 Å².